The Morgan fingerprint density at radius 2 is 2.06 bits per heavy atom. The Kier molecular flexibility index (Phi) is 8.23. The van der Waals surface area contributed by atoms with Crippen LogP contribution in [0.15, 0.2) is 59.9 Å². The second-order valence-corrected chi connectivity index (χ2v) is 13.1. The van der Waals surface area contributed by atoms with E-state index in [1.165, 1.54) is 12.5 Å². The number of fused-ring (bicyclic) bond motifs is 3. The lowest BCUT2D eigenvalue weighted by Crippen LogP contribution is -2.37. The number of nitroso groups, excluding NO2 is 1. The van der Waals surface area contributed by atoms with Crippen LogP contribution in [0.1, 0.15) is 51.5 Å². The summed E-state index contributed by atoms with van der Waals surface area (Å²) in [5.74, 6) is 3.72. The van der Waals surface area contributed by atoms with E-state index in [1.807, 2.05) is 41.3 Å². The molecule has 7 rings (SSSR count). The van der Waals surface area contributed by atoms with Crippen LogP contribution < -0.4 is 19.7 Å². The Bertz CT molecular complexity index is 2080. The topological polar surface area (TPSA) is 89.8 Å². The average Bonchev–Trinajstić information content (AvgIpc) is 3.11. The first-order valence-electron chi connectivity index (χ1n) is 16.0. The third-order valence-corrected chi connectivity index (χ3v) is 10.5. The van der Waals surface area contributed by atoms with E-state index in [1.54, 1.807) is 12.3 Å². The van der Waals surface area contributed by atoms with Gasteiger partial charge in [-0.1, -0.05) is 63.3 Å². The number of rotatable bonds is 7. The quantitative estimate of drug-likeness (QED) is 0.0996. The summed E-state index contributed by atoms with van der Waals surface area (Å²) in [5, 5.41) is 5.61. The number of hydrogen-bond donors (Lipinski definition) is 0. The van der Waals surface area contributed by atoms with E-state index in [-0.39, 0.29) is 28.3 Å². The highest BCUT2D eigenvalue weighted by molar-refractivity contribution is 7.27. The second-order valence-electron chi connectivity index (χ2n) is 12.5. The number of halogens is 1. The van der Waals surface area contributed by atoms with Gasteiger partial charge in [-0.15, -0.1) is 20.6 Å². The molecule has 1 aliphatic carbocycles. The van der Waals surface area contributed by atoms with Crippen molar-refractivity contribution < 1.29 is 13.9 Å². The van der Waals surface area contributed by atoms with E-state index in [2.05, 4.69) is 39.2 Å². The minimum Gasteiger partial charge on any atom is -0.490 e. The van der Waals surface area contributed by atoms with Gasteiger partial charge in [-0.2, -0.15) is 4.98 Å². The fourth-order valence-corrected chi connectivity index (χ4v) is 7.58. The van der Waals surface area contributed by atoms with Gasteiger partial charge in [0.05, 0.1) is 24.2 Å². The smallest absolute Gasteiger partial charge is 0.317 e. The lowest BCUT2D eigenvalue weighted by atomic mass is 9.66. The molecule has 0 amide bonds. The fraction of sp³-hybridized carbons (Fsp3) is 0.324. The summed E-state index contributed by atoms with van der Waals surface area (Å²) in [5.41, 5.74) is 1.88. The highest BCUT2D eigenvalue weighted by Gasteiger charge is 2.38. The molecule has 5 aromatic rings. The zero-order valence-corrected chi connectivity index (χ0v) is 27.6. The van der Waals surface area contributed by atoms with Crippen LogP contribution in [0.25, 0.3) is 32.9 Å². The van der Waals surface area contributed by atoms with Crippen LogP contribution in [-0.4, -0.2) is 34.7 Å². The van der Waals surface area contributed by atoms with Gasteiger partial charge in [-0.3, -0.25) is 0 Å². The van der Waals surface area contributed by atoms with Crippen LogP contribution in [0.5, 0.6) is 11.8 Å². The van der Waals surface area contributed by atoms with E-state index in [9.17, 15) is 4.91 Å². The molecule has 8 nitrogen and oxygen atoms in total. The van der Waals surface area contributed by atoms with Crippen LogP contribution in [-0.2, 0) is 0 Å². The van der Waals surface area contributed by atoms with Crippen molar-refractivity contribution in [1.29, 1.82) is 0 Å². The molecule has 3 heterocycles. The van der Waals surface area contributed by atoms with Gasteiger partial charge in [0.15, 0.2) is 5.82 Å². The van der Waals surface area contributed by atoms with E-state index in [0.29, 0.717) is 64.5 Å². The Labute approximate surface area is 275 Å². The summed E-state index contributed by atoms with van der Waals surface area (Å²) < 4.78 is 29.3. The minimum absolute atomic E-state index is 0.00495. The SMILES string of the molecule is C#Cc1c(P)ccc2cc(N=O)cc(-c3nc(N4CCOc5ccccc54)c4cnc(OC[C@@]5(CC)CCCCC5C)nc4c3F)c12. The number of ether oxygens (including phenoxy) is 2. The van der Waals surface area contributed by atoms with Crippen LogP contribution >= 0.6 is 9.24 Å². The van der Waals surface area contributed by atoms with Gasteiger partial charge >= 0.3 is 6.01 Å². The van der Waals surface area contributed by atoms with E-state index < -0.39 is 5.82 Å². The van der Waals surface area contributed by atoms with Crippen LogP contribution in [0.4, 0.5) is 21.6 Å². The summed E-state index contributed by atoms with van der Waals surface area (Å²) in [4.78, 5) is 28.1. The molecule has 1 aliphatic heterocycles. The molecule has 1 fully saturated rings. The molecule has 0 bridgehead atoms. The van der Waals surface area contributed by atoms with Crippen LogP contribution in [0, 0.1) is 34.4 Å². The number of pyridine rings is 1. The maximum absolute atomic E-state index is 17.1. The minimum atomic E-state index is -0.671. The Morgan fingerprint density at radius 3 is 2.85 bits per heavy atom. The molecular formula is C37H35FN5O3P. The van der Waals surface area contributed by atoms with Crippen molar-refractivity contribution in [3.8, 4) is 35.4 Å². The maximum atomic E-state index is 17.1. The zero-order valence-electron chi connectivity index (χ0n) is 26.4. The van der Waals surface area contributed by atoms with E-state index in [4.69, 9.17) is 25.9 Å². The fourth-order valence-electron chi connectivity index (χ4n) is 7.26. The lowest BCUT2D eigenvalue weighted by Gasteiger charge is -2.41. The molecule has 2 aliphatic rings. The molecule has 3 aromatic carbocycles. The highest BCUT2D eigenvalue weighted by atomic mass is 31.0. The standard InChI is InChI=1S/C37H35FN5O3P/c1-4-25-30(47)14-13-23-18-24(42-44)19-26(31(23)25)33-32(38)34-27(35(40-33)43-16-17-45-29-12-7-6-11-28(29)43)20-39-36(41-34)46-21-37(5-2)15-9-8-10-22(37)3/h1,6-7,11-14,18-20,22H,5,8-10,15-17,21,47H2,2-3H3/t22?,37-/m1/s1. The molecule has 0 spiro atoms. The van der Waals surface area contributed by atoms with Crippen molar-refractivity contribution in [2.45, 2.75) is 46.0 Å². The Morgan fingerprint density at radius 1 is 1.21 bits per heavy atom. The number of para-hydroxylation sites is 2. The number of benzene rings is 3. The molecular weight excluding hydrogens is 612 g/mol. The van der Waals surface area contributed by atoms with Crippen molar-refractivity contribution in [2.75, 3.05) is 24.7 Å². The largest absolute Gasteiger partial charge is 0.490 e. The third kappa shape index (κ3) is 5.35. The summed E-state index contributed by atoms with van der Waals surface area (Å²) in [6.45, 7) is 5.81. The average molecular weight is 648 g/mol. The predicted molar refractivity (Wildman–Crippen MR) is 188 cm³/mol. The Hall–Kier alpha value is -4.67. The number of hydrogen-bond acceptors (Lipinski definition) is 8. The molecule has 238 valence electrons. The number of terminal acetylenes is 1. The van der Waals surface area contributed by atoms with Gasteiger partial charge in [0.2, 0.25) is 0 Å². The molecule has 0 radical (unpaired) electrons. The number of nitrogens with zero attached hydrogens (tertiary/aromatic N) is 5. The molecule has 2 unspecified atom stereocenters. The summed E-state index contributed by atoms with van der Waals surface area (Å²) in [7, 11) is 2.63. The summed E-state index contributed by atoms with van der Waals surface area (Å²) >= 11 is 0. The first-order chi connectivity index (χ1) is 22.9. The van der Waals surface area contributed by atoms with Gasteiger partial charge in [0.1, 0.15) is 35.1 Å². The zero-order chi connectivity index (χ0) is 32.7. The van der Waals surface area contributed by atoms with Crippen molar-refractivity contribution in [3.05, 3.63) is 71.0 Å². The monoisotopic (exact) mass is 647 g/mol. The first-order valence-corrected chi connectivity index (χ1v) is 16.6. The van der Waals surface area contributed by atoms with Crippen LogP contribution in [0.2, 0.25) is 0 Å². The summed E-state index contributed by atoms with van der Waals surface area (Å²) in [6.07, 6.45) is 13.2. The highest BCUT2D eigenvalue weighted by Crippen LogP contribution is 2.45. The van der Waals surface area contributed by atoms with Crippen molar-refractivity contribution >= 4 is 53.4 Å². The second kappa shape index (κ2) is 12.5. The normalized spacial score (nSPS) is 19.2. The van der Waals surface area contributed by atoms with Gasteiger partial charge in [-0.25, -0.2) is 14.4 Å². The molecule has 2 aromatic heterocycles. The molecule has 0 saturated heterocycles. The van der Waals surface area contributed by atoms with E-state index in [0.717, 1.165) is 36.7 Å². The third-order valence-electron chi connectivity index (χ3n) is 10.1. The van der Waals surface area contributed by atoms with Crippen molar-refractivity contribution in [3.63, 3.8) is 0 Å². The van der Waals surface area contributed by atoms with Crippen LogP contribution in [0.3, 0.4) is 0 Å². The van der Waals surface area contributed by atoms with Crippen molar-refractivity contribution in [1.82, 2.24) is 15.0 Å². The van der Waals surface area contributed by atoms with Gasteiger partial charge in [0, 0.05) is 28.1 Å². The van der Waals surface area contributed by atoms with Gasteiger partial charge in [0.25, 0.3) is 0 Å². The molecule has 0 N–H and O–H groups in total. The van der Waals surface area contributed by atoms with Crippen molar-refractivity contribution in [2.24, 2.45) is 16.5 Å². The lowest BCUT2D eigenvalue weighted by molar-refractivity contribution is 0.0359. The molecule has 3 atom stereocenters. The van der Waals surface area contributed by atoms with Gasteiger partial charge in [-0.05, 0) is 58.9 Å². The Balaban J connectivity index is 1.46. The number of anilines is 2. The van der Waals surface area contributed by atoms with Gasteiger partial charge < -0.3 is 14.4 Å². The number of aromatic nitrogens is 3. The van der Waals surface area contributed by atoms with E-state index >= 15 is 4.39 Å². The predicted octanol–water partition coefficient (Wildman–Crippen LogP) is 8.38. The maximum Gasteiger partial charge on any atom is 0.317 e. The first kappa shape index (κ1) is 31.0. The molecule has 1 saturated carbocycles. The summed E-state index contributed by atoms with van der Waals surface area (Å²) in [6, 6.07) is 14.6. The molecule has 47 heavy (non-hydrogen) atoms. The molecule has 10 heteroatoms.